The summed E-state index contributed by atoms with van der Waals surface area (Å²) in [6.45, 7) is 0. The van der Waals surface area contributed by atoms with Gasteiger partial charge in [0.25, 0.3) is 0 Å². The Labute approximate surface area is 163 Å². The zero-order chi connectivity index (χ0) is 19.1. The molecule has 2 fully saturated rings. The molecule has 1 aromatic heterocycles. The summed E-state index contributed by atoms with van der Waals surface area (Å²) in [5.74, 6) is 2.42. The van der Waals surface area contributed by atoms with E-state index in [0.717, 1.165) is 48.4 Å². The van der Waals surface area contributed by atoms with Crippen molar-refractivity contribution in [3.8, 4) is 11.5 Å². The first kappa shape index (κ1) is 18.0. The summed E-state index contributed by atoms with van der Waals surface area (Å²) < 4.78 is 11.0. The van der Waals surface area contributed by atoms with Crippen LogP contribution in [0.25, 0.3) is 0 Å². The lowest BCUT2D eigenvalue weighted by atomic mass is 9.85. The molecule has 2 aromatic rings. The van der Waals surface area contributed by atoms with E-state index in [1.54, 1.807) is 14.2 Å². The van der Waals surface area contributed by atoms with Crippen molar-refractivity contribution >= 4 is 29.1 Å². The first-order valence-electron chi connectivity index (χ1n) is 9.10. The molecule has 0 spiro atoms. The second-order valence-electron chi connectivity index (χ2n) is 7.17. The number of nitrogens with zero attached hydrogens (tertiary/aromatic N) is 3. The zero-order valence-electron chi connectivity index (χ0n) is 15.5. The highest BCUT2D eigenvalue weighted by molar-refractivity contribution is 6.30. The van der Waals surface area contributed by atoms with Crippen LogP contribution in [0.2, 0.25) is 5.15 Å². The van der Waals surface area contributed by atoms with E-state index in [0.29, 0.717) is 23.1 Å². The molecule has 2 aliphatic rings. The van der Waals surface area contributed by atoms with Gasteiger partial charge in [0.2, 0.25) is 5.95 Å². The van der Waals surface area contributed by atoms with Crippen LogP contribution in [0.15, 0.2) is 18.2 Å². The van der Waals surface area contributed by atoms with Gasteiger partial charge in [0, 0.05) is 23.7 Å². The molecule has 2 unspecified atom stereocenters. The molecule has 4 rings (SSSR count). The summed E-state index contributed by atoms with van der Waals surface area (Å²) >= 11 is 6.36. The summed E-state index contributed by atoms with van der Waals surface area (Å²) in [6.07, 6.45) is 4.12. The minimum Gasteiger partial charge on any atom is -0.497 e. The number of ether oxygens (including phenoxy) is 2. The number of rotatable bonds is 4. The van der Waals surface area contributed by atoms with Gasteiger partial charge in [-0.05, 0) is 43.7 Å². The van der Waals surface area contributed by atoms with Crippen LogP contribution in [-0.2, 0) is 0 Å². The zero-order valence-corrected chi connectivity index (χ0v) is 16.2. The Bertz CT molecular complexity index is 825. The Morgan fingerprint density at radius 1 is 1.07 bits per heavy atom. The van der Waals surface area contributed by atoms with Crippen molar-refractivity contribution in [2.45, 2.75) is 43.7 Å². The number of methoxy groups -OCH3 is 2. The van der Waals surface area contributed by atoms with Crippen LogP contribution in [0.1, 0.15) is 37.2 Å². The van der Waals surface area contributed by atoms with E-state index in [1.165, 1.54) is 0 Å². The highest BCUT2D eigenvalue weighted by atomic mass is 35.5. The quantitative estimate of drug-likeness (QED) is 0.774. The van der Waals surface area contributed by atoms with Crippen molar-refractivity contribution in [2.24, 2.45) is 0 Å². The van der Waals surface area contributed by atoms with E-state index in [1.807, 2.05) is 12.1 Å². The third-order valence-electron chi connectivity index (χ3n) is 5.75. The molecule has 1 aromatic carbocycles. The van der Waals surface area contributed by atoms with Crippen molar-refractivity contribution in [3.05, 3.63) is 28.9 Å². The number of nitrogens with two attached hydrogens (primary N) is 2. The SMILES string of the molecule is COc1ccc(OC)c(N2C3CCC2CC(c2c(N)nc(N)nc2Cl)C3)c1. The third kappa shape index (κ3) is 3.10. The highest BCUT2D eigenvalue weighted by Crippen LogP contribution is 2.49. The molecule has 2 bridgehead atoms. The smallest absolute Gasteiger partial charge is 0.223 e. The number of hydrogen-bond donors (Lipinski definition) is 2. The number of halogens is 1. The molecule has 0 radical (unpaired) electrons. The van der Waals surface area contributed by atoms with Crippen molar-refractivity contribution < 1.29 is 9.47 Å². The van der Waals surface area contributed by atoms with Crippen molar-refractivity contribution in [3.63, 3.8) is 0 Å². The van der Waals surface area contributed by atoms with Gasteiger partial charge in [0.05, 0.1) is 19.9 Å². The van der Waals surface area contributed by atoms with Gasteiger partial charge >= 0.3 is 0 Å². The molecule has 27 heavy (non-hydrogen) atoms. The van der Waals surface area contributed by atoms with Crippen molar-refractivity contribution in [1.82, 2.24) is 9.97 Å². The lowest BCUT2D eigenvalue weighted by Crippen LogP contribution is -2.42. The molecule has 2 atom stereocenters. The lowest BCUT2D eigenvalue weighted by molar-refractivity contribution is 0.386. The molecule has 0 saturated carbocycles. The van der Waals surface area contributed by atoms with E-state index in [9.17, 15) is 0 Å². The van der Waals surface area contributed by atoms with E-state index in [-0.39, 0.29) is 11.9 Å². The second-order valence-corrected chi connectivity index (χ2v) is 7.53. The van der Waals surface area contributed by atoms with Gasteiger partial charge in [-0.15, -0.1) is 0 Å². The summed E-state index contributed by atoms with van der Waals surface area (Å²) in [5, 5.41) is 0.372. The molecule has 8 heteroatoms. The van der Waals surface area contributed by atoms with Crippen LogP contribution >= 0.6 is 11.6 Å². The molecular formula is C19H24ClN5O2. The fraction of sp³-hybridized carbons (Fsp3) is 0.474. The van der Waals surface area contributed by atoms with Crippen LogP contribution in [0.3, 0.4) is 0 Å². The summed E-state index contributed by atoms with van der Waals surface area (Å²) in [4.78, 5) is 10.7. The number of benzene rings is 1. The molecule has 4 N–H and O–H groups in total. The predicted octanol–water partition coefficient (Wildman–Crippen LogP) is 3.23. The van der Waals surface area contributed by atoms with Gasteiger partial charge in [0.15, 0.2) is 0 Å². The minimum atomic E-state index is 0.114. The van der Waals surface area contributed by atoms with Gasteiger partial charge in [-0.3, -0.25) is 0 Å². The second kappa shape index (κ2) is 6.96. The van der Waals surface area contributed by atoms with Crippen LogP contribution in [0.4, 0.5) is 17.5 Å². The normalized spacial score (nSPS) is 24.1. The maximum absolute atomic E-state index is 6.36. The Morgan fingerprint density at radius 2 is 1.78 bits per heavy atom. The number of anilines is 3. The number of piperidine rings is 1. The lowest BCUT2D eigenvalue weighted by Gasteiger charge is -2.41. The molecule has 2 aliphatic heterocycles. The largest absolute Gasteiger partial charge is 0.497 e. The number of fused-ring (bicyclic) bond motifs is 2. The monoisotopic (exact) mass is 389 g/mol. The van der Waals surface area contributed by atoms with Crippen LogP contribution in [0.5, 0.6) is 11.5 Å². The molecule has 2 saturated heterocycles. The molecule has 3 heterocycles. The molecule has 7 nitrogen and oxygen atoms in total. The molecule has 0 amide bonds. The van der Waals surface area contributed by atoms with Gasteiger partial charge in [-0.2, -0.15) is 4.98 Å². The summed E-state index contributed by atoms with van der Waals surface area (Å²) in [7, 11) is 3.38. The fourth-order valence-electron chi connectivity index (χ4n) is 4.66. The fourth-order valence-corrected chi connectivity index (χ4v) is 5.00. The van der Waals surface area contributed by atoms with E-state index < -0.39 is 0 Å². The average Bonchev–Trinajstić information content (AvgIpc) is 2.90. The molecule has 144 valence electrons. The first-order valence-corrected chi connectivity index (χ1v) is 9.48. The minimum absolute atomic E-state index is 0.114. The summed E-state index contributed by atoms with van der Waals surface area (Å²) in [6, 6.07) is 6.69. The maximum atomic E-state index is 6.36. The Hall–Kier alpha value is -2.41. The number of nitrogen functional groups attached to an aromatic ring is 2. The highest BCUT2D eigenvalue weighted by Gasteiger charge is 2.43. The Balaban J connectivity index is 1.66. The van der Waals surface area contributed by atoms with Gasteiger partial charge in [-0.25, -0.2) is 4.98 Å². The van der Waals surface area contributed by atoms with Gasteiger partial charge in [-0.1, -0.05) is 11.6 Å². The maximum Gasteiger partial charge on any atom is 0.223 e. The number of hydrogen-bond acceptors (Lipinski definition) is 7. The number of aromatic nitrogens is 2. The van der Waals surface area contributed by atoms with E-state index >= 15 is 0 Å². The van der Waals surface area contributed by atoms with Gasteiger partial charge in [0.1, 0.15) is 22.5 Å². The third-order valence-corrected chi connectivity index (χ3v) is 6.04. The predicted molar refractivity (Wildman–Crippen MR) is 107 cm³/mol. The van der Waals surface area contributed by atoms with Crippen molar-refractivity contribution in [1.29, 1.82) is 0 Å². The topological polar surface area (TPSA) is 99.5 Å². The molecular weight excluding hydrogens is 366 g/mol. The molecule has 0 aliphatic carbocycles. The van der Waals surface area contributed by atoms with E-state index in [2.05, 4.69) is 20.9 Å². The van der Waals surface area contributed by atoms with Crippen LogP contribution in [0, 0.1) is 0 Å². The van der Waals surface area contributed by atoms with E-state index in [4.69, 9.17) is 32.5 Å². The van der Waals surface area contributed by atoms with Gasteiger partial charge < -0.3 is 25.8 Å². The first-order chi connectivity index (χ1) is 13.0. The Morgan fingerprint density at radius 3 is 2.37 bits per heavy atom. The van der Waals surface area contributed by atoms with Crippen LogP contribution in [-0.4, -0.2) is 36.3 Å². The standard InChI is InChI=1S/C19H24ClN5O2/c1-26-13-5-6-15(27-2)14(9-13)25-11-3-4-12(25)8-10(7-11)16-17(20)23-19(22)24-18(16)21/h5-6,9-12H,3-4,7-8H2,1-2H3,(H4,21,22,23,24). The summed E-state index contributed by atoms with van der Waals surface area (Å²) in [5.41, 5.74) is 13.7. The van der Waals surface area contributed by atoms with Crippen LogP contribution < -0.4 is 25.8 Å². The van der Waals surface area contributed by atoms with Crippen molar-refractivity contribution in [2.75, 3.05) is 30.6 Å². The average molecular weight is 390 g/mol. The Kier molecular flexibility index (Phi) is 4.63.